The second kappa shape index (κ2) is 6.74. The molecule has 2 nitrogen and oxygen atoms in total. The van der Waals surface area contributed by atoms with Crippen LogP contribution in [0.5, 0.6) is 0 Å². The third-order valence-corrected chi connectivity index (χ3v) is 4.37. The first-order chi connectivity index (χ1) is 8.29. The van der Waals surface area contributed by atoms with Crippen LogP contribution in [0.25, 0.3) is 0 Å². The molecule has 1 aromatic heterocycles. The predicted molar refractivity (Wildman–Crippen MR) is 74.1 cm³/mol. The molecule has 1 saturated heterocycles. The molecule has 0 radical (unpaired) electrons. The van der Waals surface area contributed by atoms with Crippen molar-refractivity contribution in [3.8, 4) is 0 Å². The Labute approximate surface area is 112 Å². The number of halogens is 1. The Bertz CT molecular complexity index is 336. The Morgan fingerprint density at radius 3 is 3.06 bits per heavy atom. The Balaban J connectivity index is 1.94. The van der Waals surface area contributed by atoms with Gasteiger partial charge in [0.1, 0.15) is 0 Å². The van der Waals surface area contributed by atoms with E-state index in [4.69, 9.17) is 16.3 Å². The Morgan fingerprint density at radius 1 is 1.59 bits per heavy atom. The third-order valence-electron chi connectivity index (χ3n) is 3.12. The minimum Gasteiger partial charge on any atom is -0.377 e. The Hall–Kier alpha value is -0.0900. The highest BCUT2D eigenvalue weighted by Crippen LogP contribution is 2.25. The van der Waals surface area contributed by atoms with E-state index >= 15 is 0 Å². The van der Waals surface area contributed by atoms with Gasteiger partial charge in [0, 0.05) is 17.5 Å². The molecule has 1 N–H and O–H groups in total. The van der Waals surface area contributed by atoms with Crippen LogP contribution in [0.4, 0.5) is 0 Å². The summed E-state index contributed by atoms with van der Waals surface area (Å²) in [7, 11) is 0. The summed E-state index contributed by atoms with van der Waals surface area (Å²) in [4.78, 5) is 1.35. The van der Waals surface area contributed by atoms with Crippen molar-refractivity contribution in [1.82, 2.24) is 5.32 Å². The summed E-state index contributed by atoms with van der Waals surface area (Å²) < 4.78 is 6.68. The number of hydrogen-bond acceptors (Lipinski definition) is 3. The van der Waals surface area contributed by atoms with Crippen LogP contribution in [0, 0.1) is 0 Å². The minimum atomic E-state index is 0.377. The molecule has 2 atom stereocenters. The van der Waals surface area contributed by atoms with E-state index in [1.165, 1.54) is 17.7 Å². The second-order valence-corrected chi connectivity index (χ2v) is 6.32. The zero-order valence-corrected chi connectivity index (χ0v) is 11.8. The van der Waals surface area contributed by atoms with Gasteiger partial charge in [-0.3, -0.25) is 0 Å². The molecule has 2 rings (SSSR count). The molecule has 1 aromatic rings. The van der Waals surface area contributed by atoms with E-state index < -0.39 is 0 Å². The number of nitrogens with one attached hydrogen (secondary N) is 1. The van der Waals surface area contributed by atoms with Gasteiger partial charge in [-0.15, -0.1) is 11.3 Å². The summed E-state index contributed by atoms with van der Waals surface area (Å²) in [5.41, 5.74) is 0. The van der Waals surface area contributed by atoms with Gasteiger partial charge in [0.2, 0.25) is 0 Å². The standard InChI is InChI=1S/C13H20ClNOS/c1-2-7-15-11(12-4-3-8-16-12)9-10-5-6-13(14)17-10/h5-6,11-12,15H,2-4,7-9H2,1H3. The summed E-state index contributed by atoms with van der Waals surface area (Å²) in [5.74, 6) is 0. The number of ether oxygens (including phenoxy) is 1. The van der Waals surface area contributed by atoms with Crippen LogP contribution in [0.3, 0.4) is 0 Å². The quantitative estimate of drug-likeness (QED) is 0.857. The second-order valence-electron chi connectivity index (χ2n) is 4.52. The lowest BCUT2D eigenvalue weighted by Crippen LogP contribution is -2.41. The molecule has 0 bridgehead atoms. The minimum absolute atomic E-state index is 0.377. The van der Waals surface area contributed by atoms with Crippen LogP contribution in [-0.2, 0) is 11.2 Å². The smallest absolute Gasteiger partial charge is 0.0931 e. The van der Waals surface area contributed by atoms with Crippen molar-refractivity contribution in [2.45, 2.75) is 44.8 Å². The van der Waals surface area contributed by atoms with E-state index in [9.17, 15) is 0 Å². The van der Waals surface area contributed by atoms with Gasteiger partial charge in [0.05, 0.1) is 10.4 Å². The molecule has 0 spiro atoms. The van der Waals surface area contributed by atoms with Crippen molar-refractivity contribution in [3.05, 3.63) is 21.3 Å². The molecule has 96 valence electrons. The zero-order valence-electron chi connectivity index (χ0n) is 10.2. The van der Waals surface area contributed by atoms with E-state index in [2.05, 4.69) is 18.3 Å². The van der Waals surface area contributed by atoms with Crippen molar-refractivity contribution >= 4 is 22.9 Å². The molecule has 4 heteroatoms. The van der Waals surface area contributed by atoms with Crippen molar-refractivity contribution in [2.24, 2.45) is 0 Å². The SMILES string of the molecule is CCCNC(Cc1ccc(Cl)s1)C1CCCO1. The molecule has 0 aromatic carbocycles. The fraction of sp³-hybridized carbons (Fsp3) is 0.692. The average Bonchev–Trinajstić information content (AvgIpc) is 2.95. The van der Waals surface area contributed by atoms with Gasteiger partial charge >= 0.3 is 0 Å². The van der Waals surface area contributed by atoms with Crippen LogP contribution in [-0.4, -0.2) is 25.3 Å². The number of thiophene rings is 1. The first-order valence-electron chi connectivity index (χ1n) is 6.39. The molecule has 17 heavy (non-hydrogen) atoms. The average molecular weight is 274 g/mol. The summed E-state index contributed by atoms with van der Waals surface area (Å²) in [5, 5.41) is 3.61. The van der Waals surface area contributed by atoms with Gasteiger partial charge in [-0.2, -0.15) is 0 Å². The Kier molecular flexibility index (Phi) is 5.29. The summed E-state index contributed by atoms with van der Waals surface area (Å²) in [6.45, 7) is 4.17. The molecule has 1 aliphatic heterocycles. The molecular formula is C13H20ClNOS. The molecule has 1 fully saturated rings. The van der Waals surface area contributed by atoms with Gasteiger partial charge in [-0.1, -0.05) is 18.5 Å². The molecule has 2 heterocycles. The van der Waals surface area contributed by atoms with Gasteiger partial charge in [-0.25, -0.2) is 0 Å². The highest BCUT2D eigenvalue weighted by Gasteiger charge is 2.25. The zero-order chi connectivity index (χ0) is 12.1. The lowest BCUT2D eigenvalue weighted by Gasteiger charge is -2.23. The predicted octanol–water partition coefficient (Wildman–Crippen LogP) is 3.49. The first-order valence-corrected chi connectivity index (χ1v) is 7.58. The van der Waals surface area contributed by atoms with Gasteiger partial charge in [0.15, 0.2) is 0 Å². The van der Waals surface area contributed by atoms with Crippen LogP contribution >= 0.6 is 22.9 Å². The van der Waals surface area contributed by atoms with Crippen molar-refractivity contribution in [1.29, 1.82) is 0 Å². The van der Waals surface area contributed by atoms with Crippen LogP contribution in [0.15, 0.2) is 12.1 Å². The Morgan fingerprint density at radius 2 is 2.47 bits per heavy atom. The molecule has 0 aliphatic carbocycles. The van der Waals surface area contributed by atoms with E-state index in [-0.39, 0.29) is 0 Å². The lowest BCUT2D eigenvalue weighted by atomic mass is 10.0. The fourth-order valence-electron chi connectivity index (χ4n) is 2.26. The van der Waals surface area contributed by atoms with Gasteiger partial charge < -0.3 is 10.1 Å². The van der Waals surface area contributed by atoms with Crippen molar-refractivity contribution < 1.29 is 4.74 Å². The number of rotatable bonds is 6. The largest absolute Gasteiger partial charge is 0.377 e. The third kappa shape index (κ3) is 3.95. The molecule has 1 aliphatic rings. The van der Waals surface area contributed by atoms with Crippen molar-refractivity contribution in [3.63, 3.8) is 0 Å². The van der Waals surface area contributed by atoms with Crippen LogP contribution in [0.1, 0.15) is 31.1 Å². The van der Waals surface area contributed by atoms with E-state index in [1.54, 1.807) is 11.3 Å². The highest BCUT2D eigenvalue weighted by molar-refractivity contribution is 7.16. The summed E-state index contributed by atoms with van der Waals surface area (Å²) >= 11 is 7.65. The van der Waals surface area contributed by atoms with E-state index in [1.807, 2.05) is 6.07 Å². The van der Waals surface area contributed by atoms with Crippen LogP contribution in [0.2, 0.25) is 4.34 Å². The lowest BCUT2D eigenvalue weighted by molar-refractivity contribution is 0.0786. The van der Waals surface area contributed by atoms with E-state index in [0.717, 1.165) is 30.3 Å². The maximum Gasteiger partial charge on any atom is 0.0931 e. The topological polar surface area (TPSA) is 21.3 Å². The molecule has 2 unspecified atom stereocenters. The fourth-order valence-corrected chi connectivity index (χ4v) is 3.41. The van der Waals surface area contributed by atoms with Crippen LogP contribution < -0.4 is 5.32 Å². The first kappa shape index (κ1) is 13.3. The number of hydrogen-bond donors (Lipinski definition) is 1. The van der Waals surface area contributed by atoms with E-state index in [0.29, 0.717) is 12.1 Å². The van der Waals surface area contributed by atoms with Gasteiger partial charge in [0.25, 0.3) is 0 Å². The monoisotopic (exact) mass is 273 g/mol. The summed E-state index contributed by atoms with van der Waals surface area (Å²) in [6, 6.07) is 4.54. The maximum absolute atomic E-state index is 5.97. The van der Waals surface area contributed by atoms with Gasteiger partial charge in [-0.05, 0) is 44.4 Å². The molecular weight excluding hydrogens is 254 g/mol. The summed E-state index contributed by atoms with van der Waals surface area (Å²) in [6.07, 6.45) is 4.94. The van der Waals surface area contributed by atoms with Crippen molar-refractivity contribution in [2.75, 3.05) is 13.2 Å². The maximum atomic E-state index is 5.97. The molecule has 0 amide bonds. The normalized spacial score (nSPS) is 21.9. The molecule has 0 saturated carbocycles. The highest BCUT2D eigenvalue weighted by atomic mass is 35.5.